The van der Waals surface area contributed by atoms with Crippen LogP contribution in [0.5, 0.6) is 0 Å². The number of rotatable bonds is 1. The van der Waals surface area contributed by atoms with Crippen molar-refractivity contribution in [2.45, 2.75) is 17.7 Å². The van der Waals surface area contributed by atoms with Gasteiger partial charge in [-0.1, -0.05) is 11.8 Å². The van der Waals surface area contributed by atoms with Crippen molar-refractivity contribution in [2.75, 3.05) is 6.54 Å². The topological polar surface area (TPSA) is 62.0 Å². The molecule has 0 aromatic rings. The average Bonchev–Trinajstić information content (AvgIpc) is 2.46. The van der Waals surface area contributed by atoms with Gasteiger partial charge in [-0.3, -0.25) is 9.98 Å². The van der Waals surface area contributed by atoms with Gasteiger partial charge < -0.3 is 5.11 Å². The van der Waals surface area contributed by atoms with Gasteiger partial charge in [-0.2, -0.15) is 0 Å². The highest BCUT2D eigenvalue weighted by Gasteiger charge is 2.33. The first-order valence-corrected chi connectivity index (χ1v) is 4.61. The highest BCUT2D eigenvalue weighted by molar-refractivity contribution is 8.16. The van der Waals surface area contributed by atoms with Gasteiger partial charge in [0.2, 0.25) is 0 Å². The van der Waals surface area contributed by atoms with Crippen molar-refractivity contribution in [1.29, 1.82) is 0 Å². The zero-order chi connectivity index (χ0) is 8.55. The molecular formula is C7H8N2O2S. The monoisotopic (exact) mass is 184 g/mol. The van der Waals surface area contributed by atoms with Crippen molar-refractivity contribution in [3.63, 3.8) is 0 Å². The second-order valence-corrected chi connectivity index (χ2v) is 3.97. The Hall–Kier alpha value is -0.840. The van der Waals surface area contributed by atoms with Crippen LogP contribution in [0.3, 0.4) is 0 Å². The van der Waals surface area contributed by atoms with E-state index in [0.29, 0.717) is 6.54 Å². The number of carbonyl (C=O) groups is 1. The van der Waals surface area contributed by atoms with Crippen LogP contribution >= 0.6 is 11.8 Å². The Morgan fingerprint density at radius 3 is 3.25 bits per heavy atom. The number of hydrogen-bond donors (Lipinski definition) is 1. The van der Waals surface area contributed by atoms with E-state index < -0.39 is 5.97 Å². The standard InChI is InChI=1S/C7H8N2O2S/c10-7(11)6-9-4-1-2-8-3-5(4)12-6/h2,4-5H,1,3H2,(H,10,11). The first-order valence-electron chi connectivity index (χ1n) is 3.73. The van der Waals surface area contributed by atoms with E-state index in [2.05, 4.69) is 9.98 Å². The molecule has 0 spiro atoms. The van der Waals surface area contributed by atoms with Gasteiger partial charge in [0, 0.05) is 12.6 Å². The van der Waals surface area contributed by atoms with E-state index in [1.54, 1.807) is 0 Å². The normalized spacial score (nSPS) is 32.8. The van der Waals surface area contributed by atoms with Gasteiger partial charge >= 0.3 is 5.97 Å². The summed E-state index contributed by atoms with van der Waals surface area (Å²) in [6.07, 6.45) is 2.62. The molecule has 0 radical (unpaired) electrons. The minimum atomic E-state index is -0.908. The van der Waals surface area contributed by atoms with Crippen molar-refractivity contribution >= 4 is 29.0 Å². The fraction of sp³-hybridized carbons (Fsp3) is 0.571. The summed E-state index contributed by atoms with van der Waals surface area (Å²) >= 11 is 1.34. The van der Waals surface area contributed by atoms with E-state index in [9.17, 15) is 4.79 Å². The molecule has 0 aromatic carbocycles. The van der Waals surface area contributed by atoms with E-state index in [0.717, 1.165) is 6.42 Å². The molecule has 2 rings (SSSR count). The van der Waals surface area contributed by atoms with Crippen LogP contribution in [0.1, 0.15) is 6.42 Å². The lowest BCUT2D eigenvalue weighted by Crippen LogP contribution is -2.24. The third-order valence-corrected chi connectivity index (χ3v) is 3.19. The maximum atomic E-state index is 10.6. The van der Waals surface area contributed by atoms with E-state index in [4.69, 9.17) is 5.11 Å². The quantitative estimate of drug-likeness (QED) is 0.642. The summed E-state index contributed by atoms with van der Waals surface area (Å²) in [6, 6.07) is 0.151. The van der Waals surface area contributed by atoms with E-state index >= 15 is 0 Å². The number of carboxylic acid groups (broad SMARTS) is 1. The summed E-state index contributed by atoms with van der Waals surface area (Å²) in [6.45, 7) is 0.704. The lowest BCUT2D eigenvalue weighted by molar-refractivity contribution is -0.129. The number of carboxylic acids is 1. The molecule has 0 aromatic heterocycles. The van der Waals surface area contributed by atoms with Gasteiger partial charge in [-0.05, 0) is 0 Å². The van der Waals surface area contributed by atoms with Gasteiger partial charge in [-0.25, -0.2) is 4.79 Å². The first kappa shape index (κ1) is 7.79. The van der Waals surface area contributed by atoms with Crippen LogP contribution < -0.4 is 0 Å². The van der Waals surface area contributed by atoms with Crippen LogP contribution in [-0.4, -0.2) is 40.2 Å². The van der Waals surface area contributed by atoms with Gasteiger partial charge in [0.25, 0.3) is 0 Å². The van der Waals surface area contributed by atoms with Crippen molar-refractivity contribution in [2.24, 2.45) is 9.98 Å². The Morgan fingerprint density at radius 1 is 1.75 bits per heavy atom. The predicted octanol–water partition coefficient (Wildman–Crippen LogP) is 0.428. The lowest BCUT2D eigenvalue weighted by atomic mass is 10.1. The molecule has 2 aliphatic heterocycles. The van der Waals surface area contributed by atoms with E-state index in [-0.39, 0.29) is 16.3 Å². The maximum Gasteiger partial charge on any atom is 0.360 e. The van der Waals surface area contributed by atoms with E-state index in [1.807, 2.05) is 6.21 Å². The van der Waals surface area contributed by atoms with Gasteiger partial charge in [0.15, 0.2) is 5.04 Å². The Bertz CT molecular complexity index is 275. The summed E-state index contributed by atoms with van der Waals surface area (Å²) in [7, 11) is 0. The van der Waals surface area contributed by atoms with Crippen molar-refractivity contribution in [3.8, 4) is 0 Å². The average molecular weight is 184 g/mol. The smallest absolute Gasteiger partial charge is 0.360 e. The highest BCUT2D eigenvalue weighted by atomic mass is 32.2. The molecule has 0 fully saturated rings. The van der Waals surface area contributed by atoms with Crippen molar-refractivity contribution < 1.29 is 9.90 Å². The largest absolute Gasteiger partial charge is 0.476 e. The molecule has 2 heterocycles. The molecule has 2 unspecified atom stereocenters. The molecule has 4 nitrogen and oxygen atoms in total. The number of fused-ring (bicyclic) bond motifs is 1. The summed E-state index contributed by atoms with van der Waals surface area (Å²) < 4.78 is 0. The molecule has 2 atom stereocenters. The molecule has 5 heteroatoms. The second-order valence-electron chi connectivity index (χ2n) is 2.75. The van der Waals surface area contributed by atoms with Crippen molar-refractivity contribution in [3.05, 3.63) is 0 Å². The number of hydrogen-bond acceptors (Lipinski definition) is 4. The fourth-order valence-corrected chi connectivity index (χ4v) is 2.39. The Morgan fingerprint density at radius 2 is 2.58 bits per heavy atom. The summed E-state index contributed by atoms with van der Waals surface area (Å²) in [5.41, 5.74) is 0. The molecule has 12 heavy (non-hydrogen) atoms. The molecule has 64 valence electrons. The Balaban J connectivity index is 2.13. The van der Waals surface area contributed by atoms with Crippen LogP contribution in [0.2, 0.25) is 0 Å². The predicted molar refractivity (Wildman–Crippen MR) is 48.2 cm³/mol. The third-order valence-electron chi connectivity index (χ3n) is 1.92. The first-order chi connectivity index (χ1) is 5.77. The molecule has 0 saturated heterocycles. The zero-order valence-corrected chi connectivity index (χ0v) is 7.12. The molecule has 0 aliphatic carbocycles. The molecule has 0 bridgehead atoms. The molecule has 0 amide bonds. The molecule has 2 aliphatic rings. The van der Waals surface area contributed by atoms with Crippen LogP contribution in [0.15, 0.2) is 9.98 Å². The lowest BCUT2D eigenvalue weighted by Gasteiger charge is -2.16. The number of thioether (sulfide) groups is 1. The fourth-order valence-electron chi connectivity index (χ4n) is 1.32. The highest BCUT2D eigenvalue weighted by Crippen LogP contribution is 2.30. The Kier molecular flexibility index (Phi) is 1.88. The molecular weight excluding hydrogens is 176 g/mol. The SMILES string of the molecule is O=C(O)C1=NC2CC=NCC2S1. The van der Waals surface area contributed by atoms with Gasteiger partial charge in [0.05, 0.1) is 17.8 Å². The third kappa shape index (κ3) is 1.24. The van der Waals surface area contributed by atoms with E-state index in [1.165, 1.54) is 11.8 Å². The molecule has 0 saturated carbocycles. The minimum absolute atomic E-state index is 0.151. The van der Waals surface area contributed by atoms with Gasteiger partial charge in [0.1, 0.15) is 0 Å². The molecule has 1 N–H and O–H groups in total. The second kappa shape index (κ2) is 2.90. The van der Waals surface area contributed by atoms with Crippen molar-refractivity contribution in [1.82, 2.24) is 0 Å². The zero-order valence-electron chi connectivity index (χ0n) is 6.30. The summed E-state index contributed by atoms with van der Waals surface area (Å²) in [4.78, 5) is 18.8. The Labute approximate surface area is 73.8 Å². The van der Waals surface area contributed by atoms with Crippen LogP contribution in [0, 0.1) is 0 Å². The van der Waals surface area contributed by atoms with Gasteiger partial charge in [-0.15, -0.1) is 0 Å². The number of aliphatic imine (C=N–C) groups is 2. The maximum absolute atomic E-state index is 10.6. The number of aliphatic carboxylic acids is 1. The summed E-state index contributed by atoms with van der Waals surface area (Å²) in [5, 5.41) is 9.18. The number of nitrogens with zero attached hydrogens (tertiary/aromatic N) is 2. The summed E-state index contributed by atoms with van der Waals surface area (Å²) in [5.74, 6) is -0.908. The van der Waals surface area contributed by atoms with Crippen LogP contribution in [0.4, 0.5) is 0 Å². The van der Waals surface area contributed by atoms with Crippen LogP contribution in [-0.2, 0) is 4.79 Å². The minimum Gasteiger partial charge on any atom is -0.476 e. The van der Waals surface area contributed by atoms with Crippen LogP contribution in [0.25, 0.3) is 0 Å².